The summed E-state index contributed by atoms with van der Waals surface area (Å²) >= 11 is 3.32. The molecule has 1 aliphatic rings. The van der Waals surface area contributed by atoms with Gasteiger partial charge in [-0.15, -0.1) is 0 Å². The molecule has 0 aromatic heterocycles. The second-order valence-electron chi connectivity index (χ2n) is 7.29. The lowest BCUT2D eigenvalue weighted by molar-refractivity contribution is -0.140. The van der Waals surface area contributed by atoms with Crippen LogP contribution in [0.2, 0.25) is 0 Å². The molecule has 1 N–H and O–H groups in total. The van der Waals surface area contributed by atoms with E-state index in [9.17, 15) is 19.1 Å². The van der Waals surface area contributed by atoms with Crippen molar-refractivity contribution in [3.63, 3.8) is 0 Å². The number of ether oxygens (including phenoxy) is 1. The van der Waals surface area contributed by atoms with Crippen LogP contribution in [0.15, 0.2) is 58.6 Å². The summed E-state index contributed by atoms with van der Waals surface area (Å²) in [5.41, 5.74) is 0.429. The Labute approximate surface area is 183 Å². The largest absolute Gasteiger partial charge is 0.507 e. The van der Waals surface area contributed by atoms with Crippen molar-refractivity contribution in [3.05, 3.63) is 75.5 Å². The molecule has 0 unspecified atom stereocenters. The second kappa shape index (κ2) is 9.53. The van der Waals surface area contributed by atoms with E-state index in [-0.39, 0.29) is 29.5 Å². The van der Waals surface area contributed by atoms with Crippen molar-refractivity contribution in [2.75, 3.05) is 13.2 Å². The first kappa shape index (κ1) is 22.2. The maximum absolute atomic E-state index is 14.7. The normalized spacial score (nSPS) is 18.4. The van der Waals surface area contributed by atoms with Crippen molar-refractivity contribution in [3.8, 4) is 0 Å². The zero-order chi connectivity index (χ0) is 21.8. The molecule has 0 aliphatic carbocycles. The van der Waals surface area contributed by atoms with Crippen molar-refractivity contribution < 1.29 is 23.8 Å². The van der Waals surface area contributed by atoms with Gasteiger partial charge in [0.15, 0.2) is 0 Å². The van der Waals surface area contributed by atoms with Gasteiger partial charge in [-0.1, -0.05) is 46.3 Å². The molecule has 2 aromatic carbocycles. The van der Waals surface area contributed by atoms with E-state index in [1.54, 1.807) is 30.3 Å². The van der Waals surface area contributed by atoms with Crippen molar-refractivity contribution in [2.45, 2.75) is 32.4 Å². The van der Waals surface area contributed by atoms with Crippen LogP contribution in [0.3, 0.4) is 0 Å². The van der Waals surface area contributed by atoms with Crippen molar-refractivity contribution in [1.29, 1.82) is 0 Å². The van der Waals surface area contributed by atoms with Crippen LogP contribution in [-0.2, 0) is 14.3 Å². The number of aliphatic hydroxyl groups excluding tert-OH is 1. The Balaban J connectivity index is 2.04. The number of carbonyl (C=O) groups is 2. The van der Waals surface area contributed by atoms with Crippen LogP contribution in [0, 0.1) is 5.82 Å². The molecule has 1 amide bonds. The fourth-order valence-electron chi connectivity index (χ4n) is 3.45. The van der Waals surface area contributed by atoms with Crippen LogP contribution in [-0.4, -0.2) is 41.0 Å². The van der Waals surface area contributed by atoms with Gasteiger partial charge in [-0.25, -0.2) is 4.39 Å². The minimum absolute atomic E-state index is 0.0418. The highest BCUT2D eigenvalue weighted by Gasteiger charge is 2.46. The molecule has 0 radical (unpaired) electrons. The summed E-state index contributed by atoms with van der Waals surface area (Å²) in [6, 6.07) is 11.7. The third-order valence-corrected chi connectivity index (χ3v) is 5.38. The monoisotopic (exact) mass is 475 g/mol. The highest BCUT2D eigenvalue weighted by Crippen LogP contribution is 2.40. The topological polar surface area (TPSA) is 66.8 Å². The lowest BCUT2D eigenvalue weighted by Gasteiger charge is -2.25. The van der Waals surface area contributed by atoms with Crippen LogP contribution in [0.1, 0.15) is 37.4 Å². The van der Waals surface area contributed by atoms with E-state index in [0.29, 0.717) is 18.6 Å². The van der Waals surface area contributed by atoms with Crippen LogP contribution < -0.4 is 0 Å². The quantitative estimate of drug-likeness (QED) is 0.269. The van der Waals surface area contributed by atoms with Crippen molar-refractivity contribution >= 4 is 33.4 Å². The maximum Gasteiger partial charge on any atom is 0.295 e. The molecule has 3 rings (SSSR count). The predicted octanol–water partition coefficient (Wildman–Crippen LogP) is 4.83. The van der Waals surface area contributed by atoms with Crippen LogP contribution >= 0.6 is 15.9 Å². The first-order valence-electron chi connectivity index (χ1n) is 9.71. The highest BCUT2D eigenvalue weighted by atomic mass is 79.9. The van der Waals surface area contributed by atoms with Gasteiger partial charge in [0.2, 0.25) is 0 Å². The summed E-state index contributed by atoms with van der Waals surface area (Å²) in [6.45, 7) is 4.42. The summed E-state index contributed by atoms with van der Waals surface area (Å²) < 4.78 is 21.0. The fourth-order valence-corrected chi connectivity index (χ4v) is 3.71. The van der Waals surface area contributed by atoms with E-state index in [1.165, 1.54) is 23.1 Å². The molecule has 5 nitrogen and oxygen atoms in total. The van der Waals surface area contributed by atoms with E-state index >= 15 is 0 Å². The molecule has 1 heterocycles. The molecular formula is C23H23BrFNO4. The smallest absolute Gasteiger partial charge is 0.295 e. The van der Waals surface area contributed by atoms with Gasteiger partial charge in [0.25, 0.3) is 11.7 Å². The van der Waals surface area contributed by atoms with Crippen molar-refractivity contribution in [1.82, 2.24) is 4.90 Å². The van der Waals surface area contributed by atoms with Gasteiger partial charge in [0, 0.05) is 28.8 Å². The van der Waals surface area contributed by atoms with E-state index in [4.69, 9.17) is 4.74 Å². The standard InChI is InChI=1S/C23H23BrFNO4/c1-14(2)30-13-5-12-26-20(17-6-3-4-7-18(17)25)19(22(28)23(26)29)21(27)15-8-10-16(24)11-9-15/h3-4,6-11,14,20,27H,5,12-13H2,1-2H3/t20-/m1/s1. The Morgan fingerprint density at radius 3 is 2.47 bits per heavy atom. The van der Waals surface area contributed by atoms with Gasteiger partial charge in [-0.3, -0.25) is 9.59 Å². The molecule has 1 fully saturated rings. The van der Waals surface area contributed by atoms with E-state index < -0.39 is 23.5 Å². The van der Waals surface area contributed by atoms with Crippen LogP contribution in [0.4, 0.5) is 4.39 Å². The Kier molecular flexibility index (Phi) is 7.05. The summed E-state index contributed by atoms with van der Waals surface area (Å²) in [6.07, 6.45) is 0.522. The summed E-state index contributed by atoms with van der Waals surface area (Å²) in [5.74, 6) is -2.45. The van der Waals surface area contributed by atoms with Gasteiger partial charge in [-0.2, -0.15) is 0 Å². The van der Waals surface area contributed by atoms with Gasteiger partial charge in [0.05, 0.1) is 17.7 Å². The number of nitrogens with zero attached hydrogens (tertiary/aromatic N) is 1. The first-order valence-corrected chi connectivity index (χ1v) is 10.5. The molecule has 1 aliphatic heterocycles. The number of likely N-dealkylation sites (tertiary alicyclic amines) is 1. The Bertz CT molecular complexity index is 971. The third kappa shape index (κ3) is 4.63. The Morgan fingerprint density at radius 2 is 1.83 bits per heavy atom. The number of halogens is 2. The zero-order valence-corrected chi connectivity index (χ0v) is 18.4. The molecule has 1 saturated heterocycles. The van der Waals surface area contributed by atoms with Gasteiger partial charge in [-0.05, 0) is 38.5 Å². The SMILES string of the molecule is CC(C)OCCCN1C(=O)C(=O)C(=C(O)c2ccc(Br)cc2)[C@H]1c1ccccc1F. The number of hydrogen-bond acceptors (Lipinski definition) is 4. The summed E-state index contributed by atoms with van der Waals surface area (Å²) in [4.78, 5) is 27.0. The third-order valence-electron chi connectivity index (χ3n) is 4.85. The number of carbonyl (C=O) groups excluding carboxylic acids is 2. The lowest BCUT2D eigenvalue weighted by Crippen LogP contribution is -2.31. The molecule has 2 aromatic rings. The Morgan fingerprint density at radius 1 is 1.17 bits per heavy atom. The lowest BCUT2D eigenvalue weighted by atomic mass is 9.95. The summed E-state index contributed by atoms with van der Waals surface area (Å²) in [5, 5.41) is 10.9. The number of amides is 1. The molecule has 0 saturated carbocycles. The number of Topliss-reactive ketones (excluding diaryl/α,β-unsaturated/α-hetero) is 1. The second-order valence-corrected chi connectivity index (χ2v) is 8.21. The summed E-state index contributed by atoms with van der Waals surface area (Å²) in [7, 11) is 0. The minimum Gasteiger partial charge on any atom is -0.507 e. The molecule has 0 spiro atoms. The molecule has 7 heteroatoms. The fraction of sp³-hybridized carbons (Fsp3) is 0.304. The van der Waals surface area contributed by atoms with Gasteiger partial charge >= 0.3 is 0 Å². The average molecular weight is 476 g/mol. The van der Waals surface area contributed by atoms with Gasteiger partial charge < -0.3 is 14.7 Å². The minimum atomic E-state index is -1.01. The maximum atomic E-state index is 14.7. The van der Waals surface area contributed by atoms with E-state index in [1.807, 2.05) is 13.8 Å². The number of benzene rings is 2. The van der Waals surface area contributed by atoms with E-state index in [2.05, 4.69) is 15.9 Å². The Hall–Kier alpha value is -2.51. The highest BCUT2D eigenvalue weighted by molar-refractivity contribution is 9.10. The molecular weight excluding hydrogens is 453 g/mol. The van der Waals surface area contributed by atoms with E-state index in [0.717, 1.165) is 4.47 Å². The van der Waals surface area contributed by atoms with Crippen LogP contribution in [0.5, 0.6) is 0 Å². The van der Waals surface area contributed by atoms with Gasteiger partial charge in [0.1, 0.15) is 11.6 Å². The number of ketones is 1. The predicted molar refractivity (Wildman–Crippen MR) is 115 cm³/mol. The number of aliphatic hydroxyl groups is 1. The zero-order valence-electron chi connectivity index (χ0n) is 16.8. The molecule has 30 heavy (non-hydrogen) atoms. The molecule has 158 valence electrons. The molecule has 1 atom stereocenters. The van der Waals surface area contributed by atoms with Crippen molar-refractivity contribution in [2.24, 2.45) is 0 Å². The first-order chi connectivity index (χ1) is 14.3. The average Bonchev–Trinajstić information content (AvgIpc) is 2.96. The number of hydrogen-bond donors (Lipinski definition) is 1. The number of rotatable bonds is 7. The van der Waals surface area contributed by atoms with Crippen LogP contribution in [0.25, 0.3) is 5.76 Å². The molecule has 0 bridgehead atoms.